The zero-order chi connectivity index (χ0) is 43.0. The van der Waals surface area contributed by atoms with Crippen molar-refractivity contribution < 1.29 is 0 Å². The van der Waals surface area contributed by atoms with E-state index in [1.165, 1.54) is 137 Å². The topological polar surface area (TPSA) is 0 Å². The number of rotatable bonds is 5. The molecule has 0 heterocycles. The van der Waals surface area contributed by atoms with Gasteiger partial charge in [-0.05, 0) is 162 Å². The van der Waals surface area contributed by atoms with Gasteiger partial charge in [0, 0.05) is 0 Å². The molecule has 0 atom stereocenters. The van der Waals surface area contributed by atoms with Gasteiger partial charge in [0.25, 0.3) is 0 Å². The third kappa shape index (κ3) is 5.99. The number of benzene rings is 13. The van der Waals surface area contributed by atoms with Crippen molar-refractivity contribution in [3.63, 3.8) is 0 Å². The zero-order valence-corrected chi connectivity index (χ0v) is 36.0. The highest BCUT2D eigenvalue weighted by Crippen LogP contribution is 2.52. The summed E-state index contributed by atoms with van der Waals surface area (Å²) in [6.07, 6.45) is 0. The fraction of sp³-hybridized carbons (Fsp3) is 0.0154. The smallest absolute Gasteiger partial charge is 0.000741 e. The van der Waals surface area contributed by atoms with Crippen LogP contribution in [0.25, 0.3) is 131 Å². The Balaban J connectivity index is 1.26. The highest BCUT2D eigenvalue weighted by molar-refractivity contribution is 6.37. The maximum atomic E-state index is 2.48. The average Bonchev–Trinajstić information content (AvgIpc) is 3.37. The summed E-state index contributed by atoms with van der Waals surface area (Å²) in [6.45, 7) is 2.18. The van der Waals surface area contributed by atoms with Crippen LogP contribution in [0.1, 0.15) is 5.56 Å². The summed E-state index contributed by atoms with van der Waals surface area (Å²) in [6, 6.07) is 88.4. The van der Waals surface area contributed by atoms with Crippen LogP contribution in [0.15, 0.2) is 237 Å². The minimum absolute atomic E-state index is 1.20. The van der Waals surface area contributed by atoms with Gasteiger partial charge in [-0.25, -0.2) is 0 Å². The Kier molecular flexibility index (Phi) is 8.54. The molecule has 0 radical (unpaired) electrons. The molecule has 13 aromatic carbocycles. The standard InChI is InChI=1S/C65H42/c1-41-29-31-45(32-30-41)62-54-25-11-12-26-55(54)63(61-38-47-20-6-5-19-46(47)37-58(61)44-15-3-2-4-16-44)65-57-36-34-49(53-28-14-22-43-18-8-10-24-51(43)53)40-60(57)59-39-48(33-35-56(59)64(62)65)52-27-13-21-42-17-7-9-23-50(42)52/h2-40H,1H3. The molecule has 0 spiro atoms. The molecule has 0 bridgehead atoms. The lowest BCUT2D eigenvalue weighted by molar-refractivity contribution is 1.48. The molecule has 13 rings (SSSR count). The summed E-state index contributed by atoms with van der Waals surface area (Å²) < 4.78 is 0. The van der Waals surface area contributed by atoms with Crippen molar-refractivity contribution in [2.24, 2.45) is 0 Å². The highest BCUT2D eigenvalue weighted by Gasteiger charge is 2.24. The lowest BCUT2D eigenvalue weighted by Gasteiger charge is -2.24. The van der Waals surface area contributed by atoms with Crippen LogP contribution >= 0.6 is 0 Å². The van der Waals surface area contributed by atoms with Gasteiger partial charge in [0.05, 0.1) is 0 Å². The van der Waals surface area contributed by atoms with Crippen LogP contribution in [0.5, 0.6) is 0 Å². The van der Waals surface area contributed by atoms with E-state index in [1.54, 1.807) is 0 Å². The van der Waals surface area contributed by atoms with Crippen LogP contribution in [0, 0.1) is 6.92 Å². The SMILES string of the molecule is Cc1ccc(-c2c3ccccc3c(-c3cc4ccccc4cc3-c3ccccc3)c3c4ccc(-c5cccc6ccccc56)cc4c4cc(-c5cccc6ccccc56)ccc4c23)cc1. The van der Waals surface area contributed by atoms with Crippen LogP contribution in [0.3, 0.4) is 0 Å². The van der Waals surface area contributed by atoms with Gasteiger partial charge in [0.2, 0.25) is 0 Å². The Bertz CT molecular complexity index is 4030. The quantitative estimate of drug-likeness (QED) is 0.120. The van der Waals surface area contributed by atoms with E-state index in [1.807, 2.05) is 0 Å². The van der Waals surface area contributed by atoms with Crippen LogP contribution in [0.2, 0.25) is 0 Å². The van der Waals surface area contributed by atoms with Crippen molar-refractivity contribution in [2.45, 2.75) is 6.92 Å². The molecule has 0 aliphatic heterocycles. The van der Waals surface area contributed by atoms with Crippen LogP contribution in [0.4, 0.5) is 0 Å². The third-order valence-corrected chi connectivity index (χ3v) is 13.9. The summed E-state index contributed by atoms with van der Waals surface area (Å²) in [5.41, 5.74) is 13.6. The van der Waals surface area contributed by atoms with Gasteiger partial charge in [0.15, 0.2) is 0 Å². The molecule has 0 aliphatic carbocycles. The van der Waals surface area contributed by atoms with Gasteiger partial charge in [-0.3, -0.25) is 0 Å². The van der Waals surface area contributed by atoms with Crippen molar-refractivity contribution in [3.05, 3.63) is 242 Å². The summed E-state index contributed by atoms with van der Waals surface area (Å²) in [5, 5.41) is 17.5. The molecule has 0 aromatic heterocycles. The molecule has 0 heteroatoms. The van der Waals surface area contributed by atoms with E-state index in [0.717, 1.165) is 0 Å². The molecule has 0 amide bonds. The Morgan fingerprint density at radius 3 is 1.22 bits per heavy atom. The number of aryl methyl sites for hydroxylation is 1. The number of fused-ring (bicyclic) bond motifs is 10. The van der Waals surface area contributed by atoms with Gasteiger partial charge >= 0.3 is 0 Å². The average molecular weight is 823 g/mol. The summed E-state index contributed by atoms with van der Waals surface area (Å²) in [7, 11) is 0. The highest BCUT2D eigenvalue weighted by atomic mass is 14.3. The number of hydrogen-bond acceptors (Lipinski definition) is 0. The molecule has 65 heavy (non-hydrogen) atoms. The Labute approximate surface area is 378 Å². The van der Waals surface area contributed by atoms with Crippen molar-refractivity contribution in [3.8, 4) is 55.6 Å². The fourth-order valence-corrected chi connectivity index (χ4v) is 10.8. The normalized spacial score (nSPS) is 11.8. The summed E-state index contributed by atoms with van der Waals surface area (Å²) >= 11 is 0. The predicted octanol–water partition coefficient (Wildman–Crippen LogP) is 18.4. The van der Waals surface area contributed by atoms with Crippen LogP contribution in [-0.2, 0) is 0 Å². The fourth-order valence-electron chi connectivity index (χ4n) is 10.8. The molecule has 0 nitrogen and oxygen atoms in total. The first kappa shape index (κ1) is 37.3. The first-order chi connectivity index (χ1) is 32.2. The van der Waals surface area contributed by atoms with E-state index < -0.39 is 0 Å². The van der Waals surface area contributed by atoms with Gasteiger partial charge < -0.3 is 0 Å². The first-order valence-corrected chi connectivity index (χ1v) is 22.7. The van der Waals surface area contributed by atoms with E-state index in [9.17, 15) is 0 Å². The van der Waals surface area contributed by atoms with Crippen molar-refractivity contribution in [1.29, 1.82) is 0 Å². The second-order valence-corrected chi connectivity index (χ2v) is 17.6. The largest absolute Gasteiger partial charge is 0.0622 e. The van der Waals surface area contributed by atoms with Crippen LogP contribution < -0.4 is 0 Å². The minimum atomic E-state index is 1.20. The molecule has 0 saturated heterocycles. The second kappa shape index (κ2) is 14.9. The molecule has 13 aromatic rings. The van der Waals surface area contributed by atoms with Crippen molar-refractivity contribution in [2.75, 3.05) is 0 Å². The molecule has 0 aliphatic rings. The van der Waals surface area contributed by atoms with Crippen molar-refractivity contribution in [1.82, 2.24) is 0 Å². The van der Waals surface area contributed by atoms with Gasteiger partial charge in [-0.2, -0.15) is 0 Å². The minimum Gasteiger partial charge on any atom is -0.0622 e. The Hall–Kier alpha value is -8.32. The third-order valence-electron chi connectivity index (χ3n) is 13.9. The molecule has 0 saturated carbocycles. The number of hydrogen-bond donors (Lipinski definition) is 0. The molecular formula is C65H42. The maximum Gasteiger partial charge on any atom is -0.000741 e. The Morgan fingerprint density at radius 2 is 0.646 bits per heavy atom. The maximum absolute atomic E-state index is 2.48. The van der Waals surface area contributed by atoms with E-state index in [-0.39, 0.29) is 0 Å². The second-order valence-electron chi connectivity index (χ2n) is 17.6. The summed E-state index contributed by atoms with van der Waals surface area (Å²) in [5.74, 6) is 0. The molecule has 0 N–H and O–H groups in total. The van der Waals surface area contributed by atoms with E-state index in [2.05, 4.69) is 244 Å². The first-order valence-electron chi connectivity index (χ1n) is 22.7. The van der Waals surface area contributed by atoms with E-state index in [0.29, 0.717) is 0 Å². The molecule has 302 valence electrons. The van der Waals surface area contributed by atoms with E-state index >= 15 is 0 Å². The predicted molar refractivity (Wildman–Crippen MR) is 281 cm³/mol. The van der Waals surface area contributed by atoms with Crippen LogP contribution in [-0.4, -0.2) is 0 Å². The molecular weight excluding hydrogens is 781 g/mol. The van der Waals surface area contributed by atoms with Gasteiger partial charge in [-0.1, -0.05) is 218 Å². The molecule has 0 fully saturated rings. The lowest BCUT2D eigenvalue weighted by Crippen LogP contribution is -1.96. The van der Waals surface area contributed by atoms with Crippen molar-refractivity contribution >= 4 is 75.4 Å². The monoisotopic (exact) mass is 822 g/mol. The summed E-state index contributed by atoms with van der Waals surface area (Å²) in [4.78, 5) is 0. The van der Waals surface area contributed by atoms with Gasteiger partial charge in [0.1, 0.15) is 0 Å². The zero-order valence-electron chi connectivity index (χ0n) is 36.0. The van der Waals surface area contributed by atoms with Gasteiger partial charge in [-0.15, -0.1) is 0 Å². The lowest BCUT2D eigenvalue weighted by atomic mass is 9.79. The molecule has 0 unspecified atom stereocenters. The Morgan fingerprint density at radius 1 is 0.215 bits per heavy atom. The van der Waals surface area contributed by atoms with E-state index in [4.69, 9.17) is 0 Å².